The van der Waals surface area contributed by atoms with Crippen LogP contribution in [0.4, 0.5) is 8.78 Å². The smallest absolute Gasteiger partial charge is 0.182 e. The van der Waals surface area contributed by atoms with Crippen LogP contribution in [0, 0.1) is 11.9 Å². The summed E-state index contributed by atoms with van der Waals surface area (Å²) < 4.78 is 23.8. The molecular weight excluding hydrogens is 196 g/mol. The first kappa shape index (κ1) is 6.47. The van der Waals surface area contributed by atoms with Crippen LogP contribution >= 0.6 is 15.9 Å². The molecule has 0 amide bonds. The Balaban J connectivity index is 3.25. The fourth-order valence-corrected chi connectivity index (χ4v) is 0.432. The molecule has 1 rings (SSSR count). The van der Waals surface area contributed by atoms with E-state index < -0.39 is 16.4 Å². The summed E-state index contributed by atoms with van der Waals surface area (Å²) in [5, 5.41) is 8.41. The Bertz CT molecular complexity index is 208. The van der Waals surface area contributed by atoms with Gasteiger partial charge in [-0.2, -0.15) is 8.78 Å². The van der Waals surface area contributed by atoms with Gasteiger partial charge in [-0.05, 0) is 21.1 Å². The van der Waals surface area contributed by atoms with Crippen LogP contribution in [0.5, 0.6) is 0 Å². The Kier molecular flexibility index (Phi) is 1.65. The molecular formula is C3BrF2N3. The molecule has 0 bridgehead atoms. The van der Waals surface area contributed by atoms with Crippen molar-refractivity contribution in [1.82, 2.24) is 15.4 Å². The van der Waals surface area contributed by atoms with E-state index in [4.69, 9.17) is 0 Å². The van der Waals surface area contributed by atoms with E-state index in [-0.39, 0.29) is 0 Å². The predicted octanol–water partition coefficient (Wildman–Crippen LogP) is 0.912. The summed E-state index contributed by atoms with van der Waals surface area (Å²) >= 11 is 2.56. The van der Waals surface area contributed by atoms with E-state index in [1.54, 1.807) is 0 Å². The van der Waals surface area contributed by atoms with Crippen molar-refractivity contribution in [2.75, 3.05) is 0 Å². The van der Waals surface area contributed by atoms with Crippen molar-refractivity contribution in [3.8, 4) is 0 Å². The number of halogens is 3. The van der Waals surface area contributed by atoms with Crippen molar-refractivity contribution < 1.29 is 8.78 Å². The highest BCUT2D eigenvalue weighted by Gasteiger charge is 2.06. The second-order valence-corrected chi connectivity index (χ2v) is 1.98. The van der Waals surface area contributed by atoms with E-state index in [9.17, 15) is 8.78 Å². The first-order valence-electron chi connectivity index (χ1n) is 1.91. The van der Waals surface area contributed by atoms with E-state index in [1.165, 1.54) is 0 Å². The van der Waals surface area contributed by atoms with Crippen LogP contribution in [0.3, 0.4) is 0 Å². The van der Waals surface area contributed by atoms with E-state index in [1.807, 2.05) is 0 Å². The largest absolute Gasteiger partial charge is 0.253 e. The third-order valence-corrected chi connectivity index (χ3v) is 1.28. The van der Waals surface area contributed by atoms with E-state index >= 15 is 0 Å². The molecule has 1 heterocycles. The second kappa shape index (κ2) is 2.30. The summed E-state index contributed by atoms with van der Waals surface area (Å²) in [5.41, 5.74) is 0. The lowest BCUT2D eigenvalue weighted by Crippen LogP contribution is -1.96. The number of aromatic nitrogens is 3. The molecule has 0 aromatic carbocycles. The molecule has 1 aromatic heterocycles. The van der Waals surface area contributed by atoms with Gasteiger partial charge in [-0.3, -0.25) is 0 Å². The Labute approximate surface area is 57.2 Å². The molecule has 0 saturated carbocycles. The van der Waals surface area contributed by atoms with Gasteiger partial charge in [-0.15, -0.1) is 0 Å². The van der Waals surface area contributed by atoms with Crippen molar-refractivity contribution in [3.63, 3.8) is 0 Å². The molecule has 0 radical (unpaired) electrons. The van der Waals surface area contributed by atoms with Crippen LogP contribution in [-0.2, 0) is 0 Å². The van der Waals surface area contributed by atoms with Crippen LogP contribution < -0.4 is 0 Å². The highest BCUT2D eigenvalue weighted by molar-refractivity contribution is 9.10. The summed E-state index contributed by atoms with van der Waals surface area (Å²) in [7, 11) is 0. The van der Waals surface area contributed by atoms with E-state index in [2.05, 4.69) is 31.3 Å². The molecule has 3 nitrogen and oxygen atoms in total. The van der Waals surface area contributed by atoms with Crippen molar-refractivity contribution in [2.24, 2.45) is 0 Å². The van der Waals surface area contributed by atoms with Gasteiger partial charge in [-0.25, -0.2) is 0 Å². The minimum Gasteiger partial charge on any atom is -0.182 e. The molecule has 0 fully saturated rings. The van der Waals surface area contributed by atoms with Crippen LogP contribution in [-0.4, -0.2) is 15.4 Å². The highest BCUT2D eigenvalue weighted by atomic mass is 79.9. The van der Waals surface area contributed by atoms with Gasteiger partial charge in [0.1, 0.15) is 4.47 Å². The van der Waals surface area contributed by atoms with Gasteiger partial charge >= 0.3 is 0 Å². The van der Waals surface area contributed by atoms with E-state index in [0.29, 0.717) is 0 Å². The maximum atomic E-state index is 12.1. The minimum absolute atomic E-state index is 0.391. The highest BCUT2D eigenvalue weighted by Crippen LogP contribution is 2.12. The summed E-state index contributed by atoms with van der Waals surface area (Å²) in [4.78, 5) is 0. The number of hydrogen-bond acceptors (Lipinski definition) is 3. The number of rotatable bonds is 0. The Morgan fingerprint density at radius 2 is 1.56 bits per heavy atom. The minimum atomic E-state index is -0.998. The quantitative estimate of drug-likeness (QED) is 0.618. The zero-order valence-electron chi connectivity index (χ0n) is 3.98. The van der Waals surface area contributed by atoms with Gasteiger partial charge in [0.25, 0.3) is 11.9 Å². The Hall–Kier alpha value is -0.650. The molecule has 0 saturated heterocycles. The zero-order chi connectivity index (χ0) is 6.85. The molecule has 9 heavy (non-hydrogen) atoms. The molecule has 0 unspecified atom stereocenters. The molecule has 48 valence electrons. The van der Waals surface area contributed by atoms with Crippen molar-refractivity contribution in [1.29, 1.82) is 0 Å². The van der Waals surface area contributed by atoms with Gasteiger partial charge < -0.3 is 0 Å². The van der Waals surface area contributed by atoms with Gasteiger partial charge in [0, 0.05) is 0 Å². The molecule has 0 aliphatic heterocycles. The van der Waals surface area contributed by atoms with Gasteiger partial charge in [0.15, 0.2) is 0 Å². The predicted molar refractivity (Wildman–Crippen MR) is 27.4 cm³/mol. The first-order valence-corrected chi connectivity index (χ1v) is 2.71. The summed E-state index contributed by atoms with van der Waals surface area (Å²) in [5.74, 6) is -2.00. The van der Waals surface area contributed by atoms with Crippen LogP contribution in [0.25, 0.3) is 0 Å². The molecule has 1 aromatic rings. The van der Waals surface area contributed by atoms with Crippen LogP contribution in [0.15, 0.2) is 4.47 Å². The monoisotopic (exact) mass is 195 g/mol. The standard InChI is InChI=1S/C3BrF2N3/c4-1-2(5)7-9-8-3(1)6. The fraction of sp³-hybridized carbons (Fsp3) is 0. The topological polar surface area (TPSA) is 38.7 Å². The van der Waals surface area contributed by atoms with Gasteiger partial charge in [0.2, 0.25) is 0 Å². The lowest BCUT2D eigenvalue weighted by atomic mass is 10.7. The molecule has 0 N–H and O–H groups in total. The first-order chi connectivity index (χ1) is 4.22. The maximum absolute atomic E-state index is 12.1. The average molecular weight is 196 g/mol. The van der Waals surface area contributed by atoms with Crippen LogP contribution in [0.1, 0.15) is 0 Å². The Morgan fingerprint density at radius 1 is 1.11 bits per heavy atom. The Morgan fingerprint density at radius 3 is 1.89 bits per heavy atom. The molecule has 0 atom stereocenters. The van der Waals surface area contributed by atoms with Crippen LogP contribution in [0.2, 0.25) is 0 Å². The average Bonchev–Trinajstić information content (AvgIpc) is 1.83. The SMILES string of the molecule is Fc1nnnc(F)c1Br. The van der Waals surface area contributed by atoms with Crippen molar-refractivity contribution >= 4 is 15.9 Å². The fourth-order valence-electron chi connectivity index (χ4n) is 0.274. The molecule has 0 aliphatic rings. The lowest BCUT2D eigenvalue weighted by molar-refractivity contribution is 0.474. The summed E-state index contributed by atoms with van der Waals surface area (Å²) in [6, 6.07) is 0. The normalized spacial score (nSPS) is 9.67. The van der Waals surface area contributed by atoms with Crippen molar-refractivity contribution in [2.45, 2.75) is 0 Å². The van der Waals surface area contributed by atoms with Crippen molar-refractivity contribution in [3.05, 3.63) is 16.4 Å². The molecule has 6 heteroatoms. The third-order valence-electron chi connectivity index (χ3n) is 0.627. The van der Waals surface area contributed by atoms with Gasteiger partial charge in [0.05, 0.1) is 0 Å². The van der Waals surface area contributed by atoms with E-state index in [0.717, 1.165) is 0 Å². The molecule has 0 aliphatic carbocycles. The number of hydrogen-bond donors (Lipinski definition) is 0. The summed E-state index contributed by atoms with van der Waals surface area (Å²) in [6.07, 6.45) is 0. The third kappa shape index (κ3) is 1.18. The zero-order valence-corrected chi connectivity index (χ0v) is 5.56. The number of nitrogens with zero attached hydrogens (tertiary/aromatic N) is 3. The second-order valence-electron chi connectivity index (χ2n) is 1.19. The molecule has 0 spiro atoms. The maximum Gasteiger partial charge on any atom is 0.253 e. The lowest BCUT2D eigenvalue weighted by Gasteiger charge is -1.88. The summed E-state index contributed by atoms with van der Waals surface area (Å²) in [6.45, 7) is 0. The van der Waals surface area contributed by atoms with Gasteiger partial charge in [-0.1, -0.05) is 10.2 Å².